The van der Waals surface area contributed by atoms with Crippen molar-refractivity contribution in [2.24, 2.45) is 5.10 Å². The van der Waals surface area contributed by atoms with Crippen molar-refractivity contribution in [1.29, 1.82) is 0 Å². The third-order valence-corrected chi connectivity index (χ3v) is 5.97. The summed E-state index contributed by atoms with van der Waals surface area (Å²) in [6, 6.07) is 18.5. The number of carbonyl (C=O) groups excluding carboxylic acids is 1. The van der Waals surface area contributed by atoms with E-state index >= 15 is 0 Å². The number of para-hydroxylation sites is 1. The highest BCUT2D eigenvalue weighted by Gasteiger charge is 2.26. The molecule has 0 aliphatic heterocycles. The molecule has 178 valence electrons. The Morgan fingerprint density at radius 2 is 1.76 bits per heavy atom. The van der Waals surface area contributed by atoms with Crippen molar-refractivity contribution in [1.82, 2.24) is 5.43 Å². The van der Waals surface area contributed by atoms with Gasteiger partial charge >= 0.3 is 10.1 Å². The molecule has 0 bridgehead atoms. The number of aryl methyl sites for hydroxylation is 1. The summed E-state index contributed by atoms with van der Waals surface area (Å²) in [5, 5.41) is 3.97. The van der Waals surface area contributed by atoms with Gasteiger partial charge < -0.3 is 13.7 Å². The number of benzene rings is 3. The Labute approximate surface area is 199 Å². The minimum Gasteiger partial charge on any atom is -0.497 e. The van der Waals surface area contributed by atoms with Crippen LogP contribution in [-0.2, 0) is 21.3 Å². The Kier molecular flexibility index (Phi) is 8.26. The van der Waals surface area contributed by atoms with Gasteiger partial charge in [-0.05, 0) is 61.4 Å². The van der Waals surface area contributed by atoms with E-state index in [2.05, 4.69) is 10.5 Å². The Balaban J connectivity index is 1.86. The lowest BCUT2D eigenvalue weighted by Gasteiger charge is -2.15. The topological polar surface area (TPSA) is 103 Å². The summed E-state index contributed by atoms with van der Waals surface area (Å²) in [6.45, 7) is 3.81. The van der Waals surface area contributed by atoms with Crippen LogP contribution in [0.1, 0.15) is 23.6 Å². The minimum absolute atomic E-state index is 0.0782. The van der Waals surface area contributed by atoms with E-state index in [-0.39, 0.29) is 40.9 Å². The second kappa shape index (κ2) is 11.3. The molecule has 8 nitrogen and oxygen atoms in total. The van der Waals surface area contributed by atoms with Crippen LogP contribution in [0.5, 0.6) is 17.2 Å². The van der Waals surface area contributed by atoms with Crippen molar-refractivity contribution in [2.45, 2.75) is 25.2 Å². The lowest BCUT2D eigenvalue weighted by molar-refractivity contribution is -0.120. The fraction of sp³-hybridized carbons (Fsp3) is 0.200. The lowest BCUT2D eigenvalue weighted by Crippen LogP contribution is -2.20. The van der Waals surface area contributed by atoms with Gasteiger partial charge in [0.15, 0.2) is 4.90 Å². The Hall–Kier alpha value is -3.85. The minimum atomic E-state index is -4.26. The van der Waals surface area contributed by atoms with Crippen molar-refractivity contribution in [3.63, 3.8) is 0 Å². The third-order valence-electron chi connectivity index (χ3n) is 4.62. The van der Waals surface area contributed by atoms with Crippen LogP contribution in [0.4, 0.5) is 0 Å². The van der Waals surface area contributed by atoms with E-state index in [1.54, 1.807) is 87.7 Å². The van der Waals surface area contributed by atoms with Crippen LogP contribution in [0.15, 0.2) is 76.7 Å². The van der Waals surface area contributed by atoms with Crippen molar-refractivity contribution >= 4 is 22.2 Å². The van der Waals surface area contributed by atoms with Gasteiger partial charge in [-0.1, -0.05) is 30.3 Å². The molecular weight excluding hydrogens is 456 g/mol. The highest BCUT2D eigenvalue weighted by molar-refractivity contribution is 7.87. The van der Waals surface area contributed by atoms with E-state index < -0.39 is 10.1 Å². The SMILES string of the molecule is CCOc1cc(C)cc(/C=N/NC(=O)Cc2cccc(OC)c2)c1S(=O)(=O)Oc1ccccc1. The van der Waals surface area contributed by atoms with Crippen molar-refractivity contribution < 1.29 is 26.9 Å². The predicted molar refractivity (Wildman–Crippen MR) is 129 cm³/mol. The molecule has 0 heterocycles. The summed E-state index contributed by atoms with van der Waals surface area (Å²) in [4.78, 5) is 12.2. The zero-order chi connectivity index (χ0) is 24.6. The van der Waals surface area contributed by atoms with E-state index in [0.717, 1.165) is 11.1 Å². The van der Waals surface area contributed by atoms with Crippen LogP contribution < -0.4 is 19.1 Å². The molecule has 0 spiro atoms. The van der Waals surface area contributed by atoms with Gasteiger partial charge in [0.1, 0.15) is 17.2 Å². The molecule has 1 amide bonds. The maximum absolute atomic E-state index is 13.2. The van der Waals surface area contributed by atoms with E-state index in [1.165, 1.54) is 6.21 Å². The first-order valence-electron chi connectivity index (χ1n) is 10.5. The van der Waals surface area contributed by atoms with Crippen LogP contribution in [0.2, 0.25) is 0 Å². The summed E-state index contributed by atoms with van der Waals surface area (Å²) >= 11 is 0. The van der Waals surface area contributed by atoms with Crippen LogP contribution in [-0.4, -0.2) is 34.3 Å². The second-order valence-corrected chi connectivity index (χ2v) is 8.77. The normalized spacial score (nSPS) is 11.3. The number of nitrogens with one attached hydrogen (secondary N) is 1. The van der Waals surface area contributed by atoms with Gasteiger partial charge in [0.25, 0.3) is 0 Å². The molecule has 34 heavy (non-hydrogen) atoms. The molecule has 0 aliphatic rings. The van der Waals surface area contributed by atoms with E-state index in [4.69, 9.17) is 13.7 Å². The fourth-order valence-corrected chi connectivity index (χ4v) is 4.43. The smallest absolute Gasteiger partial charge is 0.343 e. The van der Waals surface area contributed by atoms with Gasteiger partial charge in [0.05, 0.1) is 26.4 Å². The summed E-state index contributed by atoms with van der Waals surface area (Å²) in [6.07, 6.45) is 1.34. The first-order chi connectivity index (χ1) is 16.3. The Morgan fingerprint density at radius 3 is 2.47 bits per heavy atom. The van der Waals surface area contributed by atoms with Crippen LogP contribution in [0, 0.1) is 6.92 Å². The molecule has 3 aromatic rings. The zero-order valence-electron chi connectivity index (χ0n) is 19.1. The molecule has 0 saturated heterocycles. The average molecular weight is 483 g/mol. The van der Waals surface area contributed by atoms with Gasteiger partial charge in [-0.15, -0.1) is 0 Å². The average Bonchev–Trinajstić information content (AvgIpc) is 2.79. The summed E-state index contributed by atoms with van der Waals surface area (Å²) < 4.78 is 42.4. The van der Waals surface area contributed by atoms with E-state index in [9.17, 15) is 13.2 Å². The molecule has 0 aromatic heterocycles. The monoisotopic (exact) mass is 482 g/mol. The molecule has 1 N–H and O–H groups in total. The molecule has 0 radical (unpaired) electrons. The number of rotatable bonds is 10. The number of ether oxygens (including phenoxy) is 2. The first kappa shape index (κ1) is 24.8. The highest BCUT2D eigenvalue weighted by atomic mass is 32.2. The number of hydrogen-bond acceptors (Lipinski definition) is 7. The van der Waals surface area contributed by atoms with Gasteiger partial charge in [0, 0.05) is 5.56 Å². The molecule has 0 unspecified atom stereocenters. The summed E-state index contributed by atoms with van der Waals surface area (Å²) in [7, 11) is -2.71. The molecule has 0 atom stereocenters. The van der Waals surface area contributed by atoms with Gasteiger partial charge in [0.2, 0.25) is 5.91 Å². The number of carbonyl (C=O) groups is 1. The van der Waals surface area contributed by atoms with Crippen molar-refractivity contribution in [3.8, 4) is 17.2 Å². The predicted octanol–water partition coefficient (Wildman–Crippen LogP) is 3.86. The molecule has 0 fully saturated rings. The highest BCUT2D eigenvalue weighted by Crippen LogP contribution is 2.31. The second-order valence-electron chi connectivity index (χ2n) is 7.29. The third kappa shape index (κ3) is 6.58. The number of hydrogen-bond donors (Lipinski definition) is 1. The molecule has 0 saturated carbocycles. The molecule has 0 aliphatic carbocycles. The van der Waals surface area contributed by atoms with Crippen LogP contribution in [0.3, 0.4) is 0 Å². The van der Waals surface area contributed by atoms with Crippen molar-refractivity contribution in [2.75, 3.05) is 13.7 Å². The van der Waals surface area contributed by atoms with Crippen molar-refractivity contribution in [3.05, 3.63) is 83.4 Å². The number of hydrazone groups is 1. The first-order valence-corrected chi connectivity index (χ1v) is 11.9. The van der Waals surface area contributed by atoms with E-state index in [1.807, 2.05) is 0 Å². The maximum atomic E-state index is 13.2. The number of amides is 1. The largest absolute Gasteiger partial charge is 0.497 e. The van der Waals surface area contributed by atoms with Crippen LogP contribution in [0.25, 0.3) is 0 Å². The van der Waals surface area contributed by atoms with Gasteiger partial charge in [-0.3, -0.25) is 4.79 Å². The molecule has 9 heteroatoms. The fourth-order valence-electron chi connectivity index (χ4n) is 3.22. The summed E-state index contributed by atoms with van der Waals surface area (Å²) in [5.74, 6) is 0.583. The molecule has 3 aromatic carbocycles. The van der Waals surface area contributed by atoms with Gasteiger partial charge in [-0.2, -0.15) is 13.5 Å². The zero-order valence-corrected chi connectivity index (χ0v) is 20.0. The maximum Gasteiger partial charge on any atom is 0.343 e. The summed E-state index contributed by atoms with van der Waals surface area (Å²) in [5.41, 5.74) is 4.16. The Morgan fingerprint density at radius 1 is 1.03 bits per heavy atom. The van der Waals surface area contributed by atoms with Crippen LogP contribution >= 0.6 is 0 Å². The number of methoxy groups -OCH3 is 1. The van der Waals surface area contributed by atoms with E-state index in [0.29, 0.717) is 5.75 Å². The lowest BCUT2D eigenvalue weighted by atomic mass is 10.1. The standard InChI is InChI=1S/C25H26N2O6S/c1-4-32-23-14-18(2)13-20(25(23)34(29,30)33-21-10-6-5-7-11-21)17-26-27-24(28)16-19-9-8-12-22(15-19)31-3/h5-15,17H,4,16H2,1-3H3,(H,27,28)/b26-17+. The molecule has 3 rings (SSSR count). The quantitative estimate of drug-likeness (QED) is 0.267. The molecular formula is C25H26N2O6S. The van der Waals surface area contributed by atoms with Gasteiger partial charge in [-0.25, -0.2) is 5.43 Å². The Bertz CT molecular complexity index is 1270. The number of nitrogens with zero attached hydrogens (tertiary/aromatic N) is 1.